The van der Waals surface area contributed by atoms with Crippen molar-refractivity contribution in [1.29, 1.82) is 0 Å². The second kappa shape index (κ2) is 7.41. The van der Waals surface area contributed by atoms with E-state index in [1.165, 1.54) is 0 Å². The summed E-state index contributed by atoms with van der Waals surface area (Å²) in [5.41, 5.74) is 2.07. The van der Waals surface area contributed by atoms with E-state index < -0.39 is 0 Å². The van der Waals surface area contributed by atoms with Crippen LogP contribution in [-0.4, -0.2) is 26.6 Å². The number of hydrogen-bond donors (Lipinski definition) is 1. The highest BCUT2D eigenvalue weighted by Gasteiger charge is 2.37. The van der Waals surface area contributed by atoms with Gasteiger partial charge in [0.15, 0.2) is 0 Å². The summed E-state index contributed by atoms with van der Waals surface area (Å²) in [6, 6.07) is 15.0. The minimum Gasteiger partial charge on any atom is -0.347 e. The van der Waals surface area contributed by atoms with E-state index in [2.05, 4.69) is 15.4 Å². The van der Waals surface area contributed by atoms with Crippen LogP contribution in [0, 0.1) is 0 Å². The van der Waals surface area contributed by atoms with Crippen LogP contribution in [-0.2, 0) is 9.59 Å². The number of anilines is 2. The first kappa shape index (κ1) is 19.1. The van der Waals surface area contributed by atoms with Gasteiger partial charge in [-0.3, -0.25) is 9.59 Å². The van der Waals surface area contributed by atoms with Gasteiger partial charge in [0.1, 0.15) is 0 Å². The van der Waals surface area contributed by atoms with Gasteiger partial charge in [-0.2, -0.15) is 4.98 Å². The average Bonchev–Trinajstić information content (AvgIpc) is 3.30. The van der Waals surface area contributed by atoms with Gasteiger partial charge in [-0.1, -0.05) is 47.5 Å². The number of fused-ring (bicyclic) bond motifs is 1. The molecule has 1 fully saturated rings. The van der Waals surface area contributed by atoms with Crippen molar-refractivity contribution in [2.45, 2.75) is 31.3 Å². The third-order valence-electron chi connectivity index (χ3n) is 5.46. The summed E-state index contributed by atoms with van der Waals surface area (Å²) >= 11 is 12.1. The van der Waals surface area contributed by atoms with Gasteiger partial charge in [-0.05, 0) is 41.8 Å². The van der Waals surface area contributed by atoms with Crippen LogP contribution in [0.5, 0.6) is 0 Å². The average molecular weight is 442 g/mol. The number of benzene rings is 2. The van der Waals surface area contributed by atoms with Gasteiger partial charge in [0.2, 0.25) is 17.8 Å². The molecule has 30 heavy (non-hydrogen) atoms. The van der Waals surface area contributed by atoms with Crippen molar-refractivity contribution >= 4 is 46.9 Å². The molecule has 0 saturated carbocycles. The molecule has 0 bridgehead atoms. The molecule has 9 heteroatoms. The van der Waals surface area contributed by atoms with Crippen molar-refractivity contribution in [2.75, 3.05) is 10.2 Å². The summed E-state index contributed by atoms with van der Waals surface area (Å²) in [7, 11) is 0. The number of amides is 2. The lowest BCUT2D eigenvalue weighted by Gasteiger charge is -2.31. The molecular weight excluding hydrogens is 425 g/mol. The van der Waals surface area contributed by atoms with E-state index in [1.807, 2.05) is 48.5 Å². The Kier molecular flexibility index (Phi) is 4.72. The monoisotopic (exact) mass is 441 g/mol. The van der Waals surface area contributed by atoms with Gasteiger partial charge in [0.05, 0.1) is 12.1 Å². The van der Waals surface area contributed by atoms with Crippen LogP contribution in [0.2, 0.25) is 10.0 Å². The maximum absolute atomic E-state index is 12.2. The molecule has 3 heterocycles. The molecule has 0 radical (unpaired) electrons. The van der Waals surface area contributed by atoms with Crippen LogP contribution in [0.3, 0.4) is 0 Å². The molecule has 0 unspecified atom stereocenters. The molecule has 2 atom stereocenters. The normalized spacial score (nSPS) is 20.9. The number of carbonyl (C=O) groups is 2. The minimum atomic E-state index is -0.278. The summed E-state index contributed by atoms with van der Waals surface area (Å²) in [6.07, 6.45) is 1.06. The molecule has 3 aromatic rings. The van der Waals surface area contributed by atoms with Crippen LogP contribution in [0.4, 0.5) is 11.9 Å². The predicted molar refractivity (Wildman–Crippen MR) is 114 cm³/mol. The summed E-state index contributed by atoms with van der Waals surface area (Å²) in [5.74, 6) is 0.0600. The van der Waals surface area contributed by atoms with E-state index in [1.54, 1.807) is 4.68 Å². The van der Waals surface area contributed by atoms with Gasteiger partial charge in [-0.15, -0.1) is 5.10 Å². The van der Waals surface area contributed by atoms with Gasteiger partial charge in [0, 0.05) is 22.9 Å². The van der Waals surface area contributed by atoms with Crippen LogP contribution in [0.25, 0.3) is 0 Å². The fourth-order valence-electron chi connectivity index (χ4n) is 3.94. The van der Waals surface area contributed by atoms with E-state index in [-0.39, 0.29) is 42.7 Å². The summed E-state index contributed by atoms with van der Waals surface area (Å²) in [5, 5.41) is 9.23. The summed E-state index contributed by atoms with van der Waals surface area (Å²) < 4.78 is 1.74. The maximum atomic E-state index is 12.2. The predicted octanol–water partition coefficient (Wildman–Crippen LogP) is 4.38. The highest BCUT2D eigenvalue weighted by atomic mass is 35.5. The first-order valence-corrected chi connectivity index (χ1v) is 10.3. The topological polar surface area (TPSA) is 80.1 Å². The first-order chi connectivity index (χ1) is 14.5. The highest BCUT2D eigenvalue weighted by molar-refractivity contribution is 6.30. The number of aromatic nitrogens is 3. The Labute approximate surface area is 182 Å². The molecule has 1 saturated heterocycles. The van der Waals surface area contributed by atoms with Crippen molar-refractivity contribution < 1.29 is 9.59 Å². The smallest absolute Gasteiger partial charge is 0.260 e. The number of halogens is 2. The highest BCUT2D eigenvalue weighted by Crippen LogP contribution is 2.39. The number of imide groups is 1. The van der Waals surface area contributed by atoms with Gasteiger partial charge in [-0.25, -0.2) is 9.58 Å². The van der Waals surface area contributed by atoms with E-state index in [9.17, 15) is 9.59 Å². The molecule has 152 valence electrons. The lowest BCUT2D eigenvalue weighted by Crippen LogP contribution is -2.30. The quantitative estimate of drug-likeness (QED) is 0.609. The Bertz CT molecular complexity index is 1110. The molecule has 2 aliphatic heterocycles. The molecule has 2 aliphatic rings. The van der Waals surface area contributed by atoms with E-state index in [4.69, 9.17) is 23.2 Å². The molecular formula is C21H17Cl2N5O2. The Balaban J connectivity index is 1.57. The second-order valence-electron chi connectivity index (χ2n) is 7.35. The number of nitrogens with zero attached hydrogens (tertiary/aromatic N) is 4. The van der Waals surface area contributed by atoms with Crippen molar-refractivity contribution in [3.8, 4) is 0 Å². The number of rotatable bonds is 3. The van der Waals surface area contributed by atoms with Crippen LogP contribution >= 0.6 is 23.2 Å². The van der Waals surface area contributed by atoms with E-state index in [0.29, 0.717) is 22.4 Å². The van der Waals surface area contributed by atoms with Crippen LogP contribution in [0.15, 0.2) is 48.5 Å². The van der Waals surface area contributed by atoms with E-state index >= 15 is 0 Å². The lowest BCUT2D eigenvalue weighted by atomic mass is 9.93. The summed E-state index contributed by atoms with van der Waals surface area (Å²) in [4.78, 5) is 29.9. The van der Waals surface area contributed by atoms with E-state index in [0.717, 1.165) is 16.0 Å². The number of nitrogens with one attached hydrogen (secondary N) is 1. The van der Waals surface area contributed by atoms with Crippen molar-refractivity contribution in [3.05, 3.63) is 69.7 Å². The largest absolute Gasteiger partial charge is 0.347 e. The molecule has 0 spiro atoms. The van der Waals surface area contributed by atoms with Gasteiger partial charge in [0.25, 0.3) is 5.95 Å². The molecule has 1 aromatic heterocycles. The van der Waals surface area contributed by atoms with Crippen LogP contribution in [0.1, 0.15) is 42.5 Å². The summed E-state index contributed by atoms with van der Waals surface area (Å²) in [6.45, 7) is 0. The van der Waals surface area contributed by atoms with Crippen molar-refractivity contribution in [1.82, 2.24) is 14.8 Å². The Morgan fingerprint density at radius 2 is 1.43 bits per heavy atom. The number of hydrogen-bond acceptors (Lipinski definition) is 5. The Morgan fingerprint density at radius 1 is 0.867 bits per heavy atom. The second-order valence-corrected chi connectivity index (χ2v) is 8.23. The molecule has 0 aliphatic carbocycles. The van der Waals surface area contributed by atoms with Gasteiger partial charge >= 0.3 is 0 Å². The zero-order valence-electron chi connectivity index (χ0n) is 15.8. The fourth-order valence-corrected chi connectivity index (χ4v) is 4.19. The fraction of sp³-hybridized carbons (Fsp3) is 0.238. The first-order valence-electron chi connectivity index (χ1n) is 9.59. The third kappa shape index (κ3) is 3.34. The number of carbonyl (C=O) groups excluding carboxylic acids is 2. The molecule has 2 amide bonds. The molecule has 2 aromatic carbocycles. The van der Waals surface area contributed by atoms with Crippen molar-refractivity contribution in [2.24, 2.45) is 0 Å². The zero-order valence-corrected chi connectivity index (χ0v) is 17.3. The maximum Gasteiger partial charge on any atom is 0.260 e. The van der Waals surface area contributed by atoms with Gasteiger partial charge < -0.3 is 5.32 Å². The Morgan fingerprint density at radius 3 is 2.03 bits per heavy atom. The third-order valence-corrected chi connectivity index (χ3v) is 5.96. The van der Waals surface area contributed by atoms with Crippen LogP contribution < -0.4 is 10.2 Å². The lowest BCUT2D eigenvalue weighted by molar-refractivity contribution is -0.121. The minimum absolute atomic E-state index is 0.0440. The molecule has 5 rings (SSSR count). The molecule has 7 nitrogen and oxygen atoms in total. The zero-order chi connectivity index (χ0) is 20.8. The Hall–Kier alpha value is -2.90. The standard InChI is InChI=1S/C21H17Cl2N5O2/c22-14-5-1-12(2-6-14)16-11-17(13-3-7-15(23)8-4-13)28-20(24-16)25-21(26-28)27-18(29)9-10-19(27)30/h1-8,16-17H,9-11H2,(H,24,25,26)/t16-,17-/m0/s1. The SMILES string of the molecule is O=C1CCC(=O)N1c1nc2n(n1)[C@H](c1ccc(Cl)cc1)C[C@@H](c1ccc(Cl)cc1)N2. The van der Waals surface area contributed by atoms with Crippen molar-refractivity contribution in [3.63, 3.8) is 0 Å². The molecule has 1 N–H and O–H groups in total.